The Morgan fingerprint density at radius 3 is 2.42 bits per heavy atom. The average molecular weight is 406 g/mol. The molecule has 0 aliphatic carbocycles. The number of benzene rings is 2. The van der Waals surface area contributed by atoms with Crippen LogP contribution in [0.1, 0.15) is 5.56 Å². The summed E-state index contributed by atoms with van der Waals surface area (Å²) in [6, 6.07) is 11.5. The molecule has 0 bridgehead atoms. The number of hydrogen-bond acceptors (Lipinski definition) is 2. The predicted molar refractivity (Wildman–Crippen MR) is 86.1 cm³/mol. The fourth-order valence-electron chi connectivity index (χ4n) is 1.64. The second-order valence-corrected chi connectivity index (χ2v) is 6.20. The molecule has 0 saturated heterocycles. The summed E-state index contributed by atoms with van der Waals surface area (Å²) >= 11 is 13.0. The van der Waals surface area contributed by atoms with E-state index >= 15 is 0 Å². The highest BCUT2D eigenvalue weighted by Gasteiger charge is 2.08. The van der Waals surface area contributed by atoms with Crippen molar-refractivity contribution in [2.45, 2.75) is 6.54 Å². The molecular weight excluding hydrogens is 393 g/mol. The maximum absolute atomic E-state index is 6.17. The molecule has 19 heavy (non-hydrogen) atoms. The second kappa shape index (κ2) is 6.75. The van der Waals surface area contributed by atoms with Crippen molar-refractivity contribution in [1.82, 2.24) is 5.32 Å². The van der Waals surface area contributed by atoms with Crippen molar-refractivity contribution in [2.24, 2.45) is 0 Å². The minimum absolute atomic E-state index is 0.574. The third-order valence-corrected chi connectivity index (χ3v) is 3.79. The highest BCUT2D eigenvalue weighted by atomic mass is 79.9. The highest BCUT2D eigenvalue weighted by molar-refractivity contribution is 9.10. The van der Waals surface area contributed by atoms with Gasteiger partial charge in [-0.2, -0.15) is 0 Å². The van der Waals surface area contributed by atoms with E-state index in [1.54, 1.807) is 0 Å². The molecule has 2 aromatic carbocycles. The number of hydrogen-bond donors (Lipinski definition) is 1. The molecule has 2 nitrogen and oxygen atoms in total. The fraction of sp³-hybridized carbons (Fsp3) is 0.143. The standard InChI is InChI=1S/C14H12Br2ClNO/c1-18-8-9-2-3-11(16)7-14(9)19-13-5-4-10(15)6-12(13)17/h2-7,18H,8H2,1H3. The quantitative estimate of drug-likeness (QED) is 0.738. The summed E-state index contributed by atoms with van der Waals surface area (Å²) < 4.78 is 7.80. The molecule has 5 heteroatoms. The maximum Gasteiger partial charge on any atom is 0.146 e. The lowest BCUT2D eigenvalue weighted by molar-refractivity contribution is 0.474. The molecule has 0 aliphatic heterocycles. The minimum atomic E-state index is 0.574. The van der Waals surface area contributed by atoms with Crippen LogP contribution in [-0.4, -0.2) is 7.05 Å². The van der Waals surface area contributed by atoms with Gasteiger partial charge >= 0.3 is 0 Å². The van der Waals surface area contributed by atoms with Crippen LogP contribution in [0.2, 0.25) is 5.02 Å². The molecule has 0 aliphatic rings. The molecule has 2 rings (SSSR count). The van der Waals surface area contributed by atoms with Gasteiger partial charge in [0.05, 0.1) is 5.02 Å². The molecule has 0 unspecified atom stereocenters. The van der Waals surface area contributed by atoms with E-state index in [4.69, 9.17) is 16.3 Å². The Bertz CT molecular complexity index is 590. The lowest BCUT2D eigenvalue weighted by atomic mass is 10.2. The summed E-state index contributed by atoms with van der Waals surface area (Å²) in [6.45, 7) is 0.733. The topological polar surface area (TPSA) is 21.3 Å². The van der Waals surface area contributed by atoms with Gasteiger partial charge in [-0.25, -0.2) is 0 Å². The van der Waals surface area contributed by atoms with Crippen molar-refractivity contribution in [2.75, 3.05) is 7.05 Å². The van der Waals surface area contributed by atoms with E-state index in [9.17, 15) is 0 Å². The predicted octanol–water partition coefficient (Wildman–Crippen LogP) is 5.38. The Balaban J connectivity index is 2.33. The van der Waals surface area contributed by atoms with Crippen molar-refractivity contribution in [1.29, 1.82) is 0 Å². The van der Waals surface area contributed by atoms with Gasteiger partial charge in [0.25, 0.3) is 0 Å². The van der Waals surface area contributed by atoms with E-state index in [-0.39, 0.29) is 0 Å². The monoisotopic (exact) mass is 403 g/mol. The highest BCUT2D eigenvalue weighted by Crippen LogP contribution is 2.34. The summed E-state index contributed by atoms with van der Waals surface area (Å²) in [5.41, 5.74) is 1.07. The zero-order chi connectivity index (χ0) is 13.8. The molecule has 0 heterocycles. The van der Waals surface area contributed by atoms with Crippen LogP contribution in [0.4, 0.5) is 0 Å². The van der Waals surface area contributed by atoms with Crippen molar-refractivity contribution in [3.63, 3.8) is 0 Å². The van der Waals surface area contributed by atoms with E-state index in [2.05, 4.69) is 37.2 Å². The number of halogens is 3. The average Bonchev–Trinajstić information content (AvgIpc) is 2.36. The molecule has 0 amide bonds. The van der Waals surface area contributed by atoms with Gasteiger partial charge in [0.2, 0.25) is 0 Å². The van der Waals surface area contributed by atoms with Crippen molar-refractivity contribution >= 4 is 43.5 Å². The molecule has 0 saturated carbocycles. The van der Waals surface area contributed by atoms with Crippen LogP contribution in [0.5, 0.6) is 11.5 Å². The van der Waals surface area contributed by atoms with E-state index in [0.29, 0.717) is 10.8 Å². The van der Waals surface area contributed by atoms with Crippen molar-refractivity contribution in [3.8, 4) is 11.5 Å². The van der Waals surface area contributed by atoms with Crippen LogP contribution in [0.25, 0.3) is 0 Å². The molecule has 0 aromatic heterocycles. The normalized spacial score (nSPS) is 10.5. The van der Waals surface area contributed by atoms with Crippen LogP contribution in [0.3, 0.4) is 0 Å². The number of ether oxygens (including phenoxy) is 1. The first-order chi connectivity index (χ1) is 9.10. The van der Waals surface area contributed by atoms with Gasteiger partial charge in [-0.1, -0.05) is 49.5 Å². The molecule has 0 fully saturated rings. The van der Waals surface area contributed by atoms with Crippen LogP contribution < -0.4 is 10.1 Å². The van der Waals surface area contributed by atoms with Crippen LogP contribution in [0.15, 0.2) is 45.3 Å². The van der Waals surface area contributed by atoms with Gasteiger partial charge < -0.3 is 10.1 Å². The van der Waals surface area contributed by atoms with Crippen LogP contribution >= 0.6 is 43.5 Å². The summed E-state index contributed by atoms with van der Waals surface area (Å²) in [4.78, 5) is 0. The first kappa shape index (κ1) is 14.9. The SMILES string of the molecule is CNCc1ccc(Br)cc1Oc1ccc(Br)cc1Cl. The summed E-state index contributed by atoms with van der Waals surface area (Å²) in [7, 11) is 1.90. The Morgan fingerprint density at radius 2 is 1.74 bits per heavy atom. The van der Waals surface area contributed by atoms with E-state index < -0.39 is 0 Å². The zero-order valence-electron chi connectivity index (χ0n) is 10.2. The van der Waals surface area contributed by atoms with E-state index in [0.717, 1.165) is 26.8 Å². The Morgan fingerprint density at radius 1 is 1.05 bits per heavy atom. The largest absolute Gasteiger partial charge is 0.455 e. The Labute approximate surface area is 134 Å². The minimum Gasteiger partial charge on any atom is -0.455 e. The third kappa shape index (κ3) is 3.96. The molecule has 1 N–H and O–H groups in total. The summed E-state index contributed by atoms with van der Waals surface area (Å²) in [5.74, 6) is 1.42. The summed E-state index contributed by atoms with van der Waals surface area (Å²) in [5, 5.41) is 3.69. The molecule has 2 aromatic rings. The lowest BCUT2D eigenvalue weighted by Gasteiger charge is -2.12. The zero-order valence-corrected chi connectivity index (χ0v) is 14.1. The van der Waals surface area contributed by atoms with Gasteiger partial charge in [-0.05, 0) is 37.4 Å². The van der Waals surface area contributed by atoms with Gasteiger partial charge in [-0.3, -0.25) is 0 Å². The molecule has 100 valence electrons. The molecular formula is C14H12Br2ClNO. The second-order valence-electron chi connectivity index (χ2n) is 3.96. The van der Waals surface area contributed by atoms with Crippen LogP contribution in [0, 0.1) is 0 Å². The van der Waals surface area contributed by atoms with Crippen LogP contribution in [-0.2, 0) is 6.54 Å². The lowest BCUT2D eigenvalue weighted by Crippen LogP contribution is -2.06. The van der Waals surface area contributed by atoms with Gasteiger partial charge in [0.15, 0.2) is 0 Å². The summed E-state index contributed by atoms with van der Waals surface area (Å²) in [6.07, 6.45) is 0. The molecule has 0 radical (unpaired) electrons. The van der Waals surface area contributed by atoms with Crippen molar-refractivity contribution < 1.29 is 4.74 Å². The smallest absolute Gasteiger partial charge is 0.146 e. The van der Waals surface area contributed by atoms with Crippen molar-refractivity contribution in [3.05, 3.63) is 55.9 Å². The number of rotatable bonds is 4. The molecule has 0 spiro atoms. The first-order valence-electron chi connectivity index (χ1n) is 5.66. The first-order valence-corrected chi connectivity index (χ1v) is 7.62. The number of nitrogens with one attached hydrogen (secondary N) is 1. The Kier molecular flexibility index (Phi) is 5.28. The van der Waals surface area contributed by atoms with Gasteiger partial charge in [0, 0.05) is 21.1 Å². The van der Waals surface area contributed by atoms with E-state index in [1.807, 2.05) is 43.4 Å². The van der Waals surface area contributed by atoms with Gasteiger partial charge in [-0.15, -0.1) is 0 Å². The molecule has 0 atom stereocenters. The third-order valence-electron chi connectivity index (χ3n) is 2.51. The van der Waals surface area contributed by atoms with Gasteiger partial charge in [0.1, 0.15) is 11.5 Å². The van der Waals surface area contributed by atoms with E-state index in [1.165, 1.54) is 0 Å². The Hall–Kier alpha value is -0.550. The maximum atomic E-state index is 6.17. The fourth-order valence-corrected chi connectivity index (χ4v) is 2.69.